The largest absolute Gasteiger partial charge is 0.303 e. The number of rotatable bonds is 6. The third-order valence-corrected chi connectivity index (χ3v) is 6.76. The van der Waals surface area contributed by atoms with Crippen LogP contribution >= 0.6 is 0 Å². The van der Waals surface area contributed by atoms with Crippen LogP contribution in [0.3, 0.4) is 0 Å². The fourth-order valence-electron chi connectivity index (χ4n) is 4.77. The van der Waals surface area contributed by atoms with E-state index in [1.807, 2.05) is 12.4 Å². The van der Waals surface area contributed by atoms with Crippen molar-refractivity contribution in [1.82, 2.24) is 34.7 Å². The van der Waals surface area contributed by atoms with Crippen LogP contribution in [-0.4, -0.2) is 54.3 Å². The molecule has 1 aliphatic heterocycles. The molecule has 176 valence electrons. The maximum absolute atomic E-state index is 14.4. The Morgan fingerprint density at radius 1 is 0.857 bits per heavy atom. The lowest BCUT2D eigenvalue weighted by Crippen LogP contribution is -2.31. The molecular formula is C27H26FN7. The van der Waals surface area contributed by atoms with Crippen LogP contribution in [0.1, 0.15) is 24.8 Å². The number of hydrogen-bond donors (Lipinski definition) is 1. The van der Waals surface area contributed by atoms with Gasteiger partial charge in [-0.3, -0.25) is 5.10 Å². The van der Waals surface area contributed by atoms with Crippen molar-refractivity contribution in [3.63, 3.8) is 0 Å². The van der Waals surface area contributed by atoms with Gasteiger partial charge in [0, 0.05) is 30.1 Å². The minimum absolute atomic E-state index is 0.358. The maximum Gasteiger partial charge on any atom is 0.162 e. The standard InChI is InChI=1S/C27H26FN7/c28-25-9-8-21(14-23(25)26-30-18-31-33-26)24-16-32-35-17-22(15-29-27(24)35)20-6-4-19(5-7-20)10-13-34-11-2-1-3-12-34/h4-9,14-18H,1-3,10-13H2,(H,30,31,33). The molecule has 0 radical (unpaired) electrons. The van der Waals surface area contributed by atoms with Crippen molar-refractivity contribution in [2.24, 2.45) is 0 Å². The van der Waals surface area contributed by atoms with E-state index >= 15 is 0 Å². The monoisotopic (exact) mass is 467 g/mol. The number of fused-ring (bicyclic) bond motifs is 1. The number of H-pyrrole nitrogens is 1. The molecule has 8 heteroatoms. The van der Waals surface area contributed by atoms with Crippen LogP contribution < -0.4 is 0 Å². The second kappa shape index (κ2) is 9.38. The lowest BCUT2D eigenvalue weighted by atomic mass is 10.0. The molecule has 1 fully saturated rings. The van der Waals surface area contributed by atoms with Gasteiger partial charge < -0.3 is 4.90 Å². The normalized spacial score (nSPS) is 14.5. The van der Waals surface area contributed by atoms with Gasteiger partial charge in [0.05, 0.1) is 11.8 Å². The Bertz CT molecular complexity index is 1430. The average molecular weight is 468 g/mol. The van der Waals surface area contributed by atoms with Crippen LogP contribution in [0.5, 0.6) is 0 Å². The Balaban J connectivity index is 1.22. The summed E-state index contributed by atoms with van der Waals surface area (Å²) in [5.41, 5.74) is 6.16. The molecule has 6 rings (SSSR count). The van der Waals surface area contributed by atoms with E-state index in [4.69, 9.17) is 4.98 Å². The van der Waals surface area contributed by atoms with Crippen LogP contribution in [0.15, 0.2) is 67.4 Å². The molecule has 7 nitrogen and oxygen atoms in total. The second-order valence-electron chi connectivity index (χ2n) is 9.05. The number of nitrogens with zero attached hydrogens (tertiary/aromatic N) is 6. The molecule has 2 aromatic carbocycles. The molecule has 35 heavy (non-hydrogen) atoms. The SMILES string of the molecule is Fc1ccc(-c2cnn3cc(-c4ccc(CCN5CCCCC5)cc4)cnc23)cc1-c1ncn[nH]1. The summed E-state index contributed by atoms with van der Waals surface area (Å²) in [6.07, 6.45) is 12.1. The van der Waals surface area contributed by atoms with E-state index in [1.54, 1.807) is 22.8 Å². The summed E-state index contributed by atoms with van der Waals surface area (Å²) >= 11 is 0. The first-order valence-corrected chi connectivity index (χ1v) is 12.1. The molecule has 4 heterocycles. The minimum Gasteiger partial charge on any atom is -0.303 e. The zero-order valence-corrected chi connectivity index (χ0v) is 19.4. The number of piperidine rings is 1. The number of benzene rings is 2. The lowest BCUT2D eigenvalue weighted by Gasteiger charge is -2.26. The van der Waals surface area contributed by atoms with Gasteiger partial charge in [0.25, 0.3) is 0 Å². The Hall–Kier alpha value is -3.91. The number of halogens is 1. The van der Waals surface area contributed by atoms with Crippen LogP contribution in [0.2, 0.25) is 0 Å². The third kappa shape index (κ3) is 4.44. The molecule has 0 atom stereocenters. The van der Waals surface area contributed by atoms with E-state index in [1.165, 1.54) is 50.3 Å². The van der Waals surface area contributed by atoms with E-state index in [2.05, 4.69) is 49.4 Å². The van der Waals surface area contributed by atoms with Gasteiger partial charge in [-0.05, 0) is 61.2 Å². The molecule has 0 spiro atoms. The van der Waals surface area contributed by atoms with Gasteiger partial charge >= 0.3 is 0 Å². The smallest absolute Gasteiger partial charge is 0.162 e. The first-order valence-electron chi connectivity index (χ1n) is 12.1. The molecule has 1 N–H and O–H groups in total. The van der Waals surface area contributed by atoms with E-state index < -0.39 is 0 Å². The summed E-state index contributed by atoms with van der Waals surface area (Å²) in [6.45, 7) is 3.59. The Kier molecular flexibility index (Phi) is 5.79. The average Bonchev–Trinajstić information content (AvgIpc) is 3.59. The summed E-state index contributed by atoms with van der Waals surface area (Å²) in [4.78, 5) is 11.3. The molecule has 1 aliphatic rings. The molecule has 1 saturated heterocycles. The van der Waals surface area contributed by atoms with E-state index in [9.17, 15) is 4.39 Å². The predicted octanol–water partition coefficient (Wildman–Crippen LogP) is 5.02. The van der Waals surface area contributed by atoms with Gasteiger partial charge in [0.15, 0.2) is 11.5 Å². The van der Waals surface area contributed by atoms with Crippen molar-refractivity contribution in [1.29, 1.82) is 0 Å². The van der Waals surface area contributed by atoms with Crippen molar-refractivity contribution in [2.75, 3.05) is 19.6 Å². The topological polar surface area (TPSA) is 75.0 Å². The number of nitrogens with one attached hydrogen (secondary N) is 1. The van der Waals surface area contributed by atoms with Gasteiger partial charge in [-0.25, -0.2) is 18.9 Å². The number of aromatic nitrogens is 6. The highest BCUT2D eigenvalue weighted by Gasteiger charge is 2.14. The van der Waals surface area contributed by atoms with E-state index in [0.29, 0.717) is 17.0 Å². The minimum atomic E-state index is -0.364. The fourth-order valence-corrected chi connectivity index (χ4v) is 4.77. The van der Waals surface area contributed by atoms with E-state index in [0.717, 1.165) is 35.2 Å². The molecule has 0 amide bonds. The van der Waals surface area contributed by atoms with Gasteiger partial charge in [0.2, 0.25) is 0 Å². The van der Waals surface area contributed by atoms with E-state index in [-0.39, 0.29) is 5.82 Å². The zero-order chi connectivity index (χ0) is 23.6. The van der Waals surface area contributed by atoms with Crippen molar-refractivity contribution < 1.29 is 4.39 Å². The summed E-state index contributed by atoms with van der Waals surface area (Å²) in [5.74, 6) is 0.0204. The highest BCUT2D eigenvalue weighted by molar-refractivity contribution is 5.80. The molecule has 0 saturated carbocycles. The summed E-state index contributed by atoms with van der Waals surface area (Å²) in [6, 6.07) is 13.6. The first kappa shape index (κ1) is 21.6. The van der Waals surface area contributed by atoms with Crippen molar-refractivity contribution in [2.45, 2.75) is 25.7 Å². The van der Waals surface area contributed by atoms with Crippen LogP contribution in [-0.2, 0) is 6.42 Å². The molecular weight excluding hydrogens is 441 g/mol. The third-order valence-electron chi connectivity index (χ3n) is 6.76. The fraction of sp³-hybridized carbons (Fsp3) is 0.259. The lowest BCUT2D eigenvalue weighted by molar-refractivity contribution is 0.231. The van der Waals surface area contributed by atoms with Gasteiger partial charge in [-0.1, -0.05) is 36.8 Å². The zero-order valence-electron chi connectivity index (χ0n) is 19.4. The number of likely N-dealkylation sites (tertiary alicyclic amines) is 1. The van der Waals surface area contributed by atoms with Gasteiger partial charge in [-0.15, -0.1) is 0 Å². The van der Waals surface area contributed by atoms with Crippen LogP contribution in [0.25, 0.3) is 39.3 Å². The molecule has 0 unspecified atom stereocenters. The van der Waals surface area contributed by atoms with Gasteiger partial charge in [0.1, 0.15) is 12.1 Å². The summed E-state index contributed by atoms with van der Waals surface area (Å²) in [7, 11) is 0. The quantitative estimate of drug-likeness (QED) is 0.380. The Morgan fingerprint density at radius 3 is 2.49 bits per heavy atom. The Labute approximate surface area is 202 Å². The first-order chi connectivity index (χ1) is 17.2. The number of hydrogen-bond acceptors (Lipinski definition) is 5. The highest BCUT2D eigenvalue weighted by atomic mass is 19.1. The summed E-state index contributed by atoms with van der Waals surface area (Å²) in [5, 5.41) is 11.1. The molecule has 0 aliphatic carbocycles. The van der Waals surface area contributed by atoms with Crippen molar-refractivity contribution in [3.8, 4) is 33.6 Å². The predicted molar refractivity (Wildman–Crippen MR) is 133 cm³/mol. The van der Waals surface area contributed by atoms with Crippen LogP contribution in [0, 0.1) is 5.82 Å². The van der Waals surface area contributed by atoms with Crippen molar-refractivity contribution >= 4 is 5.65 Å². The van der Waals surface area contributed by atoms with Gasteiger partial charge in [-0.2, -0.15) is 10.2 Å². The van der Waals surface area contributed by atoms with Crippen LogP contribution in [0.4, 0.5) is 4.39 Å². The maximum atomic E-state index is 14.4. The molecule has 0 bridgehead atoms. The second-order valence-corrected chi connectivity index (χ2v) is 9.05. The molecule has 3 aromatic heterocycles. The summed E-state index contributed by atoms with van der Waals surface area (Å²) < 4.78 is 16.1. The Morgan fingerprint density at radius 2 is 1.69 bits per heavy atom. The van der Waals surface area contributed by atoms with Crippen molar-refractivity contribution in [3.05, 3.63) is 78.8 Å². The molecule has 5 aromatic rings. The number of aromatic amines is 1. The highest BCUT2D eigenvalue weighted by Crippen LogP contribution is 2.30.